The monoisotopic (exact) mass is 337 g/mol. The second-order valence-corrected chi connectivity index (χ2v) is 6.55. The molecule has 25 heavy (non-hydrogen) atoms. The molecule has 0 radical (unpaired) electrons. The van der Waals surface area contributed by atoms with E-state index in [0.29, 0.717) is 13.2 Å². The molecule has 2 N–H and O–H groups in total. The van der Waals surface area contributed by atoms with Crippen molar-refractivity contribution in [1.29, 1.82) is 0 Å². The number of nitrogens with zero attached hydrogens (tertiary/aromatic N) is 1. The Balaban J connectivity index is 1.37. The summed E-state index contributed by atoms with van der Waals surface area (Å²) in [7, 11) is 0. The first-order valence-corrected chi connectivity index (χ1v) is 8.84. The lowest BCUT2D eigenvalue weighted by Gasteiger charge is -2.23. The van der Waals surface area contributed by atoms with Crippen molar-refractivity contribution in [1.82, 2.24) is 5.32 Å². The van der Waals surface area contributed by atoms with Crippen LogP contribution in [0.3, 0.4) is 0 Å². The topological polar surface area (TPSA) is 53.6 Å². The lowest BCUT2D eigenvalue weighted by atomic mass is 10.1. The molecule has 2 aromatic rings. The number of hydrogen-bond acceptors (Lipinski definition) is 4. The van der Waals surface area contributed by atoms with Crippen LogP contribution < -0.4 is 15.5 Å². The number of ether oxygens (including phenoxy) is 1. The van der Waals surface area contributed by atoms with E-state index in [1.807, 2.05) is 12.1 Å². The van der Waals surface area contributed by atoms with Crippen LogP contribution in [0, 0.1) is 0 Å². The number of carbonyl (C=O) groups is 1. The summed E-state index contributed by atoms with van der Waals surface area (Å²) in [6, 6.07) is 16.7. The average molecular weight is 337 g/mol. The highest BCUT2D eigenvalue weighted by atomic mass is 16.5. The molecule has 2 aliphatic rings. The third-order valence-corrected chi connectivity index (χ3v) is 4.80. The van der Waals surface area contributed by atoms with Gasteiger partial charge in [-0.25, -0.2) is 0 Å². The molecule has 1 atom stereocenters. The van der Waals surface area contributed by atoms with Crippen molar-refractivity contribution in [3.63, 3.8) is 0 Å². The molecule has 0 spiro atoms. The van der Waals surface area contributed by atoms with Crippen LogP contribution in [0.4, 0.5) is 11.4 Å². The summed E-state index contributed by atoms with van der Waals surface area (Å²) in [5.74, 6) is -0.0894. The number of carbonyl (C=O) groups excluding carboxylic acids is 1. The Kier molecular flexibility index (Phi) is 4.68. The van der Waals surface area contributed by atoms with E-state index >= 15 is 0 Å². The summed E-state index contributed by atoms with van der Waals surface area (Å²) in [6.45, 7) is 3.90. The summed E-state index contributed by atoms with van der Waals surface area (Å²) in [5.41, 5.74) is 4.81. The van der Waals surface area contributed by atoms with Crippen LogP contribution in [-0.2, 0) is 22.5 Å². The molecule has 5 nitrogen and oxygen atoms in total. The minimum absolute atomic E-state index is 0.0894. The zero-order valence-corrected chi connectivity index (χ0v) is 14.2. The first kappa shape index (κ1) is 16.1. The normalized spacial score (nSPS) is 19.5. The second-order valence-electron chi connectivity index (χ2n) is 6.55. The first-order valence-electron chi connectivity index (χ1n) is 8.84. The lowest BCUT2D eigenvalue weighted by Crippen LogP contribution is -2.45. The Morgan fingerprint density at radius 1 is 1.20 bits per heavy atom. The number of fused-ring (bicyclic) bond motifs is 1. The van der Waals surface area contributed by atoms with E-state index in [2.05, 4.69) is 51.9 Å². The van der Waals surface area contributed by atoms with Gasteiger partial charge < -0.3 is 20.3 Å². The van der Waals surface area contributed by atoms with E-state index < -0.39 is 6.10 Å². The molecule has 2 heterocycles. The Hall–Kier alpha value is -2.37. The number of morpholine rings is 1. The van der Waals surface area contributed by atoms with Gasteiger partial charge in [0.25, 0.3) is 5.91 Å². The molecule has 1 unspecified atom stereocenters. The largest absolute Gasteiger partial charge is 0.367 e. The van der Waals surface area contributed by atoms with Crippen molar-refractivity contribution in [2.75, 3.05) is 36.5 Å². The van der Waals surface area contributed by atoms with Gasteiger partial charge in [0.15, 0.2) is 0 Å². The number of anilines is 2. The molecular formula is C20H23N3O2. The fourth-order valence-corrected chi connectivity index (χ4v) is 3.44. The highest BCUT2D eigenvalue weighted by molar-refractivity contribution is 5.94. The maximum Gasteiger partial charge on any atom is 0.254 e. The molecule has 1 saturated heterocycles. The molecule has 1 amide bonds. The molecule has 5 heteroatoms. The third kappa shape index (κ3) is 3.67. The van der Waals surface area contributed by atoms with E-state index in [4.69, 9.17) is 4.74 Å². The van der Waals surface area contributed by atoms with Crippen LogP contribution in [0.1, 0.15) is 11.1 Å². The number of benzene rings is 2. The van der Waals surface area contributed by atoms with Crippen LogP contribution in [0.15, 0.2) is 48.5 Å². The third-order valence-electron chi connectivity index (χ3n) is 4.80. The summed E-state index contributed by atoms with van der Waals surface area (Å²) in [6.07, 6.45) is 0.703. The predicted molar refractivity (Wildman–Crippen MR) is 98.9 cm³/mol. The maximum atomic E-state index is 12.2. The van der Waals surface area contributed by atoms with Crippen molar-refractivity contribution in [3.05, 3.63) is 59.7 Å². The number of para-hydroxylation sites is 1. The van der Waals surface area contributed by atoms with Gasteiger partial charge in [-0.05, 0) is 35.7 Å². The molecule has 0 aromatic heterocycles. The first-order chi connectivity index (χ1) is 12.3. The number of amides is 1. The smallest absolute Gasteiger partial charge is 0.254 e. The SMILES string of the molecule is O=C(Nc1ccc(CN2CCc3ccccc32)cc1)C1CNCCO1. The average Bonchev–Trinajstić information content (AvgIpc) is 3.07. The molecule has 0 saturated carbocycles. The van der Waals surface area contributed by atoms with Gasteiger partial charge in [0.2, 0.25) is 0 Å². The standard InChI is InChI=1S/C20H23N3O2/c24-20(19-13-21-10-12-25-19)22-17-7-5-15(6-8-17)14-23-11-9-16-3-1-2-4-18(16)23/h1-8,19,21H,9-14H2,(H,22,24). The van der Waals surface area contributed by atoms with Gasteiger partial charge in [-0.1, -0.05) is 30.3 Å². The van der Waals surface area contributed by atoms with Crippen LogP contribution in [0.5, 0.6) is 0 Å². The Morgan fingerprint density at radius 2 is 2.04 bits per heavy atom. The van der Waals surface area contributed by atoms with Gasteiger partial charge in [0.05, 0.1) is 6.61 Å². The van der Waals surface area contributed by atoms with Crippen molar-refractivity contribution >= 4 is 17.3 Å². The van der Waals surface area contributed by atoms with E-state index in [-0.39, 0.29) is 5.91 Å². The number of rotatable bonds is 4. The summed E-state index contributed by atoms with van der Waals surface area (Å²) in [5, 5.41) is 6.10. The van der Waals surface area contributed by atoms with Gasteiger partial charge in [0, 0.05) is 37.6 Å². The summed E-state index contributed by atoms with van der Waals surface area (Å²) < 4.78 is 5.48. The maximum absolute atomic E-state index is 12.2. The van der Waals surface area contributed by atoms with Gasteiger partial charge in [-0.2, -0.15) is 0 Å². The fourth-order valence-electron chi connectivity index (χ4n) is 3.44. The summed E-state index contributed by atoms with van der Waals surface area (Å²) >= 11 is 0. The molecule has 2 aliphatic heterocycles. The highest BCUT2D eigenvalue weighted by Gasteiger charge is 2.22. The van der Waals surface area contributed by atoms with Gasteiger partial charge in [-0.3, -0.25) is 4.79 Å². The number of hydrogen-bond donors (Lipinski definition) is 2. The van der Waals surface area contributed by atoms with Crippen LogP contribution >= 0.6 is 0 Å². The van der Waals surface area contributed by atoms with E-state index in [0.717, 1.165) is 31.7 Å². The lowest BCUT2D eigenvalue weighted by molar-refractivity contribution is -0.128. The van der Waals surface area contributed by atoms with E-state index in [1.165, 1.54) is 16.8 Å². The van der Waals surface area contributed by atoms with E-state index in [9.17, 15) is 4.79 Å². The predicted octanol–water partition coefficient (Wildman–Crippen LogP) is 2.18. The Labute approximate surface area is 148 Å². The quantitative estimate of drug-likeness (QED) is 0.898. The van der Waals surface area contributed by atoms with Gasteiger partial charge >= 0.3 is 0 Å². The second kappa shape index (κ2) is 7.25. The molecule has 2 aromatic carbocycles. The molecule has 130 valence electrons. The highest BCUT2D eigenvalue weighted by Crippen LogP contribution is 2.28. The molecule has 4 rings (SSSR count). The number of nitrogens with one attached hydrogen (secondary N) is 2. The zero-order valence-electron chi connectivity index (χ0n) is 14.2. The molecule has 0 bridgehead atoms. The van der Waals surface area contributed by atoms with Crippen molar-refractivity contribution in [2.45, 2.75) is 19.1 Å². The zero-order chi connectivity index (χ0) is 17.1. The molecule has 1 fully saturated rings. The minimum Gasteiger partial charge on any atom is -0.367 e. The molecular weight excluding hydrogens is 314 g/mol. The summed E-state index contributed by atoms with van der Waals surface area (Å²) in [4.78, 5) is 14.6. The van der Waals surface area contributed by atoms with Crippen molar-refractivity contribution in [3.8, 4) is 0 Å². The Morgan fingerprint density at radius 3 is 2.84 bits per heavy atom. The van der Waals surface area contributed by atoms with Crippen molar-refractivity contribution in [2.24, 2.45) is 0 Å². The molecule has 0 aliphatic carbocycles. The minimum atomic E-state index is -0.408. The van der Waals surface area contributed by atoms with Gasteiger partial charge in [-0.15, -0.1) is 0 Å². The van der Waals surface area contributed by atoms with Gasteiger partial charge in [0.1, 0.15) is 6.10 Å². The van der Waals surface area contributed by atoms with Crippen LogP contribution in [-0.4, -0.2) is 38.3 Å². The van der Waals surface area contributed by atoms with Crippen LogP contribution in [0.25, 0.3) is 0 Å². The van der Waals surface area contributed by atoms with Crippen LogP contribution in [0.2, 0.25) is 0 Å². The van der Waals surface area contributed by atoms with E-state index in [1.54, 1.807) is 0 Å². The Bertz CT molecular complexity index is 739. The fraction of sp³-hybridized carbons (Fsp3) is 0.350. The van der Waals surface area contributed by atoms with Crippen molar-refractivity contribution < 1.29 is 9.53 Å².